The van der Waals surface area contributed by atoms with E-state index in [1.807, 2.05) is 6.07 Å². The lowest BCUT2D eigenvalue weighted by Gasteiger charge is -2.62. The van der Waals surface area contributed by atoms with Gasteiger partial charge in [-0.15, -0.1) is 0 Å². The van der Waals surface area contributed by atoms with Crippen LogP contribution in [0, 0.1) is 46.3 Å². The lowest BCUT2D eigenvalue weighted by Crippen LogP contribution is -2.58. The molecular weight excluding hydrogens is 484 g/mol. The first-order valence-corrected chi connectivity index (χ1v) is 15.9. The van der Waals surface area contributed by atoms with E-state index in [1.54, 1.807) is 0 Å². The summed E-state index contributed by atoms with van der Waals surface area (Å²) >= 11 is 0. The van der Waals surface area contributed by atoms with E-state index in [1.165, 1.54) is 36.6 Å². The molecule has 6 rings (SSSR count). The van der Waals surface area contributed by atoms with Crippen molar-refractivity contribution < 1.29 is 15.0 Å². The highest BCUT2D eigenvalue weighted by Gasteiger charge is 2.62. The van der Waals surface area contributed by atoms with Crippen molar-refractivity contribution in [3.63, 3.8) is 0 Å². The average Bonchev–Trinajstić information content (AvgIpc) is 3.49. The topological polar surface area (TPSA) is 85.4 Å². The van der Waals surface area contributed by atoms with Crippen molar-refractivity contribution in [2.75, 3.05) is 6.54 Å². The van der Waals surface area contributed by atoms with Crippen LogP contribution >= 0.6 is 0 Å². The van der Waals surface area contributed by atoms with Crippen molar-refractivity contribution in [2.45, 2.75) is 104 Å². The van der Waals surface area contributed by atoms with E-state index in [-0.39, 0.29) is 28.9 Å². The van der Waals surface area contributed by atoms with Crippen LogP contribution in [0.4, 0.5) is 0 Å². The summed E-state index contributed by atoms with van der Waals surface area (Å²) in [6.45, 7) is 8.06. The average molecular weight is 535 g/mol. The Morgan fingerprint density at radius 3 is 2.67 bits per heavy atom. The van der Waals surface area contributed by atoms with Crippen LogP contribution in [0.2, 0.25) is 0 Å². The summed E-state index contributed by atoms with van der Waals surface area (Å²) in [6.07, 6.45) is 12.8. The van der Waals surface area contributed by atoms with Gasteiger partial charge in [0.25, 0.3) is 0 Å². The lowest BCUT2D eigenvalue weighted by atomic mass is 9.43. The number of fused-ring (bicyclic) bond motifs is 6. The molecule has 0 radical (unpaired) electrons. The number of aromatic nitrogens is 1. The van der Waals surface area contributed by atoms with Crippen molar-refractivity contribution in [1.82, 2.24) is 10.3 Å². The molecular formula is C34H50N2O3. The molecule has 5 nitrogen and oxygen atoms in total. The maximum atomic E-state index is 12.8. The number of aromatic amines is 1. The van der Waals surface area contributed by atoms with Gasteiger partial charge in [0, 0.05) is 30.1 Å². The maximum absolute atomic E-state index is 12.8. The molecule has 0 bridgehead atoms. The van der Waals surface area contributed by atoms with Gasteiger partial charge in [-0.3, -0.25) is 4.79 Å². The third kappa shape index (κ3) is 4.76. The fourth-order valence-corrected chi connectivity index (χ4v) is 10.5. The second-order valence-electron chi connectivity index (χ2n) is 14.4. The molecule has 0 aliphatic heterocycles. The minimum absolute atomic E-state index is 0.172. The zero-order chi connectivity index (χ0) is 27.4. The summed E-state index contributed by atoms with van der Waals surface area (Å²) in [5.74, 6) is 3.38. The van der Waals surface area contributed by atoms with Crippen molar-refractivity contribution in [2.24, 2.45) is 46.3 Å². The number of aliphatic hydroxyl groups excluding tert-OH is 2. The van der Waals surface area contributed by atoms with Gasteiger partial charge in [-0.05, 0) is 122 Å². The maximum Gasteiger partial charge on any atom is 0.220 e. The molecule has 4 N–H and O–H groups in total. The molecule has 0 spiro atoms. The largest absolute Gasteiger partial charge is 0.393 e. The van der Waals surface area contributed by atoms with Crippen molar-refractivity contribution in [1.29, 1.82) is 0 Å². The fraction of sp³-hybridized carbons (Fsp3) is 0.735. The molecule has 10 atom stereocenters. The van der Waals surface area contributed by atoms with Crippen LogP contribution in [0.1, 0.15) is 90.5 Å². The number of aliphatic hydroxyl groups is 2. The standard InChI is InChI=1S/C34H50N2O3/c1-21(8-11-31(39)35-17-14-22-20-36-29-7-5-4-6-25(22)29)26-9-10-27-32-28(13-16-34(26,27)3)33(2)15-12-24(37)18-23(33)19-30(32)38/h4-7,20-21,23-24,26-28,30,32,36-38H,8-19H2,1-3H3,(H,35,39)/t21-,23+,24-,26-,27+,28+,30+,32+,33+,34-/m0/s1. The predicted molar refractivity (Wildman–Crippen MR) is 156 cm³/mol. The number of rotatable bonds is 7. The molecule has 2 aromatic rings. The number of H-pyrrole nitrogens is 1. The molecule has 1 amide bonds. The quantitative estimate of drug-likeness (QED) is 0.340. The molecule has 1 aromatic carbocycles. The Morgan fingerprint density at radius 2 is 1.82 bits per heavy atom. The number of amides is 1. The van der Waals surface area contributed by atoms with Crippen LogP contribution in [0.15, 0.2) is 30.5 Å². The van der Waals surface area contributed by atoms with Gasteiger partial charge in [0.05, 0.1) is 12.2 Å². The van der Waals surface area contributed by atoms with E-state index >= 15 is 0 Å². The molecule has 39 heavy (non-hydrogen) atoms. The van der Waals surface area contributed by atoms with E-state index < -0.39 is 0 Å². The normalized spacial score (nSPS) is 40.5. The summed E-state index contributed by atoms with van der Waals surface area (Å²) in [5, 5.41) is 26.2. The number of hydrogen-bond donors (Lipinski definition) is 4. The van der Waals surface area contributed by atoms with Gasteiger partial charge >= 0.3 is 0 Å². The smallest absolute Gasteiger partial charge is 0.220 e. The molecule has 4 saturated carbocycles. The molecule has 0 unspecified atom stereocenters. The highest BCUT2D eigenvalue weighted by atomic mass is 16.3. The number of hydrogen-bond acceptors (Lipinski definition) is 3. The van der Waals surface area contributed by atoms with Gasteiger partial charge in [-0.2, -0.15) is 0 Å². The summed E-state index contributed by atoms with van der Waals surface area (Å²) < 4.78 is 0. The molecule has 214 valence electrons. The SMILES string of the molecule is C[C@@H](CCC(=O)NCCc1c[nH]c2ccccc12)[C@@H]1CC[C@@H]2[C@H]3[C@H](O)C[C@H]4C[C@@H](O)CC[C@@]4(C)[C@@H]3CC[C@]21C. The molecule has 4 aliphatic rings. The van der Waals surface area contributed by atoms with Gasteiger partial charge in [0.1, 0.15) is 0 Å². The van der Waals surface area contributed by atoms with Gasteiger partial charge < -0.3 is 20.5 Å². The molecule has 4 fully saturated rings. The Balaban J connectivity index is 1.04. The Labute approximate surface area is 234 Å². The molecule has 1 heterocycles. The van der Waals surface area contributed by atoms with E-state index in [0.29, 0.717) is 48.5 Å². The Morgan fingerprint density at radius 1 is 1.05 bits per heavy atom. The second kappa shape index (κ2) is 10.5. The summed E-state index contributed by atoms with van der Waals surface area (Å²) in [7, 11) is 0. The van der Waals surface area contributed by atoms with E-state index in [0.717, 1.165) is 44.0 Å². The first-order chi connectivity index (χ1) is 18.7. The second-order valence-corrected chi connectivity index (χ2v) is 14.4. The number of carbonyl (C=O) groups is 1. The van der Waals surface area contributed by atoms with Gasteiger partial charge in [0.15, 0.2) is 0 Å². The first-order valence-electron chi connectivity index (χ1n) is 15.9. The highest BCUT2D eigenvalue weighted by molar-refractivity contribution is 5.83. The van der Waals surface area contributed by atoms with Crippen molar-refractivity contribution in [3.8, 4) is 0 Å². The first kappa shape index (κ1) is 27.3. The predicted octanol–water partition coefficient (Wildman–Crippen LogP) is 6.23. The zero-order valence-electron chi connectivity index (χ0n) is 24.3. The molecule has 0 saturated heterocycles. The Bertz CT molecular complexity index is 1180. The van der Waals surface area contributed by atoms with Crippen molar-refractivity contribution >= 4 is 16.8 Å². The molecule has 5 heteroatoms. The highest BCUT2D eigenvalue weighted by Crippen LogP contribution is 2.68. The number of benzene rings is 1. The monoisotopic (exact) mass is 534 g/mol. The molecule has 4 aliphatic carbocycles. The Kier molecular flexibility index (Phi) is 7.37. The van der Waals surface area contributed by atoms with Gasteiger partial charge in [-0.1, -0.05) is 39.0 Å². The van der Waals surface area contributed by atoms with Crippen molar-refractivity contribution in [3.05, 3.63) is 36.0 Å². The molecule has 1 aromatic heterocycles. The van der Waals surface area contributed by atoms with Crippen LogP contribution in [0.3, 0.4) is 0 Å². The van der Waals surface area contributed by atoms with Gasteiger partial charge in [-0.25, -0.2) is 0 Å². The lowest BCUT2D eigenvalue weighted by molar-refractivity contribution is -0.174. The summed E-state index contributed by atoms with van der Waals surface area (Å²) in [4.78, 5) is 16.1. The van der Waals surface area contributed by atoms with Crippen LogP contribution in [0.25, 0.3) is 10.9 Å². The van der Waals surface area contributed by atoms with Crippen LogP contribution in [0.5, 0.6) is 0 Å². The van der Waals surface area contributed by atoms with E-state index in [4.69, 9.17) is 0 Å². The fourth-order valence-electron chi connectivity index (χ4n) is 10.5. The van der Waals surface area contributed by atoms with E-state index in [2.05, 4.69) is 55.5 Å². The third-order valence-corrected chi connectivity index (χ3v) is 12.6. The minimum atomic E-state index is -0.222. The van der Waals surface area contributed by atoms with Gasteiger partial charge in [0.2, 0.25) is 5.91 Å². The number of nitrogens with one attached hydrogen (secondary N) is 2. The van der Waals surface area contributed by atoms with Crippen LogP contribution in [-0.2, 0) is 11.2 Å². The third-order valence-electron chi connectivity index (χ3n) is 12.6. The number of para-hydroxylation sites is 1. The van der Waals surface area contributed by atoms with E-state index in [9.17, 15) is 15.0 Å². The minimum Gasteiger partial charge on any atom is -0.393 e. The Hall–Kier alpha value is -1.85. The van der Waals surface area contributed by atoms with Crippen LogP contribution in [-0.4, -0.2) is 39.9 Å². The number of carbonyl (C=O) groups excluding carboxylic acids is 1. The zero-order valence-corrected chi connectivity index (χ0v) is 24.3. The van der Waals surface area contributed by atoms with Crippen LogP contribution < -0.4 is 5.32 Å². The summed E-state index contributed by atoms with van der Waals surface area (Å²) in [5.41, 5.74) is 2.95. The summed E-state index contributed by atoms with van der Waals surface area (Å²) in [6, 6.07) is 8.33.